The molecule has 1 aliphatic heterocycles. The van der Waals surface area contributed by atoms with Gasteiger partial charge in [-0.15, -0.1) is 0 Å². The lowest BCUT2D eigenvalue weighted by Gasteiger charge is -2.18. The van der Waals surface area contributed by atoms with Gasteiger partial charge in [-0.2, -0.15) is 0 Å². The Bertz CT molecular complexity index is 1010. The highest BCUT2D eigenvalue weighted by Crippen LogP contribution is 2.36. The van der Waals surface area contributed by atoms with Crippen LogP contribution >= 0.6 is 7.82 Å². The first-order chi connectivity index (χ1) is 25.2. The molecule has 2 N–H and O–H groups in total. The molecule has 1 aliphatic rings. The first-order valence-corrected chi connectivity index (χ1v) is 22.4. The molecule has 0 saturated carbocycles. The lowest BCUT2D eigenvalue weighted by Crippen LogP contribution is -2.29. The van der Waals surface area contributed by atoms with Crippen LogP contribution in [0, 0.1) is 0 Å². The van der Waals surface area contributed by atoms with Crippen LogP contribution in [0.3, 0.4) is 0 Å². The van der Waals surface area contributed by atoms with E-state index in [-0.39, 0.29) is 31.7 Å². The van der Waals surface area contributed by atoms with Crippen LogP contribution in [0.25, 0.3) is 0 Å². The van der Waals surface area contributed by atoms with Gasteiger partial charge in [0.15, 0.2) is 6.10 Å². The number of hydrogen-bond donors (Lipinski definition) is 2. The summed E-state index contributed by atoms with van der Waals surface area (Å²) in [5, 5.41) is 0. The predicted molar refractivity (Wildman–Crippen MR) is 211 cm³/mol. The lowest BCUT2D eigenvalue weighted by atomic mass is 10.0. The average molecular weight is 755 g/mol. The SMILES string of the molecule is CCCCC/C=C\C/C=C\C/C=C\CC1OC1CCCC(=O)OC[C@H](COP(=O)(O)O)OC(=O)CCCCCCCCCCCCCCCCCC. The number of carbonyl (C=O) groups is 2. The summed E-state index contributed by atoms with van der Waals surface area (Å²) < 4.78 is 32.1. The topological polar surface area (TPSA) is 132 Å². The molecule has 1 rings (SSSR count). The molecule has 0 bridgehead atoms. The van der Waals surface area contributed by atoms with Crippen molar-refractivity contribution in [1.82, 2.24) is 0 Å². The highest BCUT2D eigenvalue weighted by Gasteiger charge is 2.36. The second-order valence-corrected chi connectivity index (χ2v) is 15.6. The standard InChI is InChI=1S/C42H75O9P/c1-3-5-7-9-11-13-15-17-18-19-20-22-24-26-28-30-34-42(44)50-38(37-49-52(45,46)47)36-48-41(43)35-31-33-40-39(51-40)32-29-27-25-23-21-16-14-12-10-8-6-4-2/h12,14,21,23,27,29,38-40H,3-11,13,15-20,22,24-26,28,30-37H2,1-2H3,(H2,45,46,47)/b14-12-,23-21-,29-27-/t38-,39?,40?/m1/s1. The van der Waals surface area contributed by atoms with Crippen molar-refractivity contribution in [2.24, 2.45) is 0 Å². The zero-order chi connectivity index (χ0) is 38.0. The van der Waals surface area contributed by atoms with Gasteiger partial charge in [0.1, 0.15) is 6.61 Å². The number of carbonyl (C=O) groups excluding carboxylic acids is 2. The first-order valence-electron chi connectivity index (χ1n) is 20.9. The fourth-order valence-electron chi connectivity index (χ4n) is 6.11. The van der Waals surface area contributed by atoms with E-state index in [9.17, 15) is 14.2 Å². The fourth-order valence-corrected chi connectivity index (χ4v) is 6.47. The maximum absolute atomic E-state index is 12.4. The van der Waals surface area contributed by atoms with Gasteiger partial charge in [-0.3, -0.25) is 14.1 Å². The number of phosphoric ester groups is 1. The van der Waals surface area contributed by atoms with E-state index in [1.165, 1.54) is 103 Å². The number of ether oxygens (including phenoxy) is 3. The summed E-state index contributed by atoms with van der Waals surface area (Å²) in [4.78, 5) is 43.0. The summed E-state index contributed by atoms with van der Waals surface area (Å²) in [5.41, 5.74) is 0. The van der Waals surface area contributed by atoms with Gasteiger partial charge in [0.25, 0.3) is 0 Å². The Morgan fingerprint density at radius 1 is 0.615 bits per heavy atom. The number of rotatable bonds is 37. The van der Waals surface area contributed by atoms with Crippen molar-refractivity contribution in [3.05, 3.63) is 36.5 Å². The molecule has 9 nitrogen and oxygen atoms in total. The molecule has 0 aromatic heterocycles. The first kappa shape index (κ1) is 48.2. The molecular weight excluding hydrogens is 679 g/mol. The van der Waals surface area contributed by atoms with Gasteiger partial charge in [-0.1, -0.05) is 159 Å². The van der Waals surface area contributed by atoms with Crippen LogP contribution in [0.1, 0.15) is 187 Å². The van der Waals surface area contributed by atoms with Gasteiger partial charge >= 0.3 is 19.8 Å². The van der Waals surface area contributed by atoms with Gasteiger partial charge < -0.3 is 24.0 Å². The van der Waals surface area contributed by atoms with E-state index < -0.39 is 32.5 Å². The zero-order valence-electron chi connectivity index (χ0n) is 32.9. The van der Waals surface area contributed by atoms with Crippen molar-refractivity contribution >= 4 is 19.8 Å². The van der Waals surface area contributed by atoms with Crippen LogP contribution in [-0.2, 0) is 32.9 Å². The zero-order valence-corrected chi connectivity index (χ0v) is 33.8. The summed E-state index contributed by atoms with van der Waals surface area (Å²) in [6.07, 6.45) is 41.7. The van der Waals surface area contributed by atoms with Crippen LogP contribution in [0.15, 0.2) is 36.5 Å². The van der Waals surface area contributed by atoms with Gasteiger partial charge in [0.05, 0.1) is 18.8 Å². The molecule has 0 radical (unpaired) electrons. The molecule has 0 aromatic rings. The molecule has 1 heterocycles. The summed E-state index contributed by atoms with van der Waals surface area (Å²) in [7, 11) is -4.77. The number of esters is 2. The highest BCUT2D eigenvalue weighted by molar-refractivity contribution is 7.46. The summed E-state index contributed by atoms with van der Waals surface area (Å²) in [6.45, 7) is 3.60. The maximum atomic E-state index is 12.4. The number of allylic oxidation sites excluding steroid dienone is 5. The Morgan fingerprint density at radius 3 is 1.69 bits per heavy atom. The largest absolute Gasteiger partial charge is 0.469 e. The maximum Gasteiger partial charge on any atom is 0.469 e. The van der Waals surface area contributed by atoms with Crippen molar-refractivity contribution in [3.8, 4) is 0 Å². The van der Waals surface area contributed by atoms with E-state index in [1.54, 1.807) is 0 Å². The third kappa shape index (κ3) is 32.8. The molecule has 0 aromatic carbocycles. The summed E-state index contributed by atoms with van der Waals surface area (Å²) in [5.74, 6) is -0.956. The molecule has 10 heteroatoms. The Morgan fingerprint density at radius 2 is 1.12 bits per heavy atom. The van der Waals surface area contributed by atoms with Gasteiger partial charge in [-0.05, 0) is 51.4 Å². The minimum absolute atomic E-state index is 0.140. The lowest BCUT2D eigenvalue weighted by molar-refractivity contribution is -0.161. The molecule has 0 amide bonds. The Kier molecular flexibility index (Phi) is 31.3. The number of unbranched alkanes of at least 4 members (excludes halogenated alkanes) is 18. The molecule has 1 fully saturated rings. The Labute approximate surface area is 317 Å². The summed E-state index contributed by atoms with van der Waals surface area (Å²) in [6, 6.07) is 0. The van der Waals surface area contributed by atoms with Gasteiger partial charge in [0, 0.05) is 12.8 Å². The molecule has 52 heavy (non-hydrogen) atoms. The second kappa shape index (κ2) is 33.8. The molecule has 3 atom stereocenters. The van der Waals surface area contributed by atoms with Crippen LogP contribution in [-0.4, -0.2) is 53.3 Å². The number of phosphoric acid groups is 1. The van der Waals surface area contributed by atoms with Crippen molar-refractivity contribution in [1.29, 1.82) is 0 Å². The van der Waals surface area contributed by atoms with Crippen LogP contribution in [0.5, 0.6) is 0 Å². The minimum Gasteiger partial charge on any atom is -0.462 e. The van der Waals surface area contributed by atoms with Crippen LogP contribution in [0.4, 0.5) is 0 Å². The van der Waals surface area contributed by atoms with Crippen molar-refractivity contribution in [2.75, 3.05) is 13.2 Å². The average Bonchev–Trinajstić information content (AvgIpc) is 3.87. The predicted octanol–water partition coefficient (Wildman–Crippen LogP) is 11.6. The van der Waals surface area contributed by atoms with E-state index in [4.69, 9.17) is 24.0 Å². The minimum atomic E-state index is -4.77. The van der Waals surface area contributed by atoms with Crippen molar-refractivity contribution in [3.63, 3.8) is 0 Å². The van der Waals surface area contributed by atoms with Gasteiger partial charge in [-0.25, -0.2) is 4.57 Å². The summed E-state index contributed by atoms with van der Waals surface area (Å²) >= 11 is 0. The smallest absolute Gasteiger partial charge is 0.462 e. The van der Waals surface area contributed by atoms with Crippen molar-refractivity contribution in [2.45, 2.75) is 206 Å². The monoisotopic (exact) mass is 755 g/mol. The molecule has 2 unspecified atom stereocenters. The van der Waals surface area contributed by atoms with E-state index in [1.807, 2.05) is 0 Å². The molecular formula is C42H75O9P. The van der Waals surface area contributed by atoms with E-state index >= 15 is 0 Å². The quantitative estimate of drug-likeness (QED) is 0.0209. The third-order valence-electron chi connectivity index (χ3n) is 9.34. The molecule has 1 saturated heterocycles. The fraction of sp³-hybridized carbons (Fsp3) is 0.810. The molecule has 0 aliphatic carbocycles. The molecule has 0 spiro atoms. The normalized spacial score (nSPS) is 16.7. The Hall–Kier alpha value is -1.77. The van der Waals surface area contributed by atoms with E-state index in [2.05, 4.69) is 54.8 Å². The van der Waals surface area contributed by atoms with Crippen molar-refractivity contribution < 1.29 is 42.7 Å². The van der Waals surface area contributed by atoms with E-state index in [0.717, 1.165) is 44.9 Å². The second-order valence-electron chi connectivity index (χ2n) is 14.4. The van der Waals surface area contributed by atoms with E-state index in [0.29, 0.717) is 12.8 Å². The number of epoxide rings is 1. The van der Waals surface area contributed by atoms with Crippen LogP contribution in [0.2, 0.25) is 0 Å². The highest BCUT2D eigenvalue weighted by atomic mass is 31.2. The van der Waals surface area contributed by atoms with Crippen LogP contribution < -0.4 is 0 Å². The number of hydrogen-bond acceptors (Lipinski definition) is 7. The third-order valence-corrected chi connectivity index (χ3v) is 9.82. The Balaban J connectivity index is 2.11. The molecule has 302 valence electrons. The van der Waals surface area contributed by atoms with Gasteiger partial charge in [0.2, 0.25) is 0 Å².